The van der Waals surface area contributed by atoms with Crippen LogP contribution in [0.15, 0.2) is 30.3 Å². The van der Waals surface area contributed by atoms with Gasteiger partial charge in [-0.25, -0.2) is 0 Å². The van der Waals surface area contributed by atoms with Crippen LogP contribution < -0.4 is 0 Å². The molecule has 0 heterocycles. The first-order chi connectivity index (χ1) is 4.43. The summed E-state index contributed by atoms with van der Waals surface area (Å²) < 4.78 is 0. The molecule has 1 rings (SSSR count). The van der Waals surface area contributed by atoms with Crippen LogP contribution in [-0.2, 0) is 23.7 Å². The van der Waals surface area contributed by atoms with E-state index in [0.29, 0.717) is 0 Å². The molecule has 0 aromatic heterocycles. The normalized spacial score (nSPS) is 9.44. The number of benzene rings is 1. The molecule has 0 aliphatic heterocycles. The molecule has 0 fully saturated rings. The minimum atomic E-state index is 1.15. The second-order valence-electron chi connectivity index (χ2n) is 1.74. The molecule has 9 heavy (non-hydrogen) atoms. The van der Waals surface area contributed by atoms with E-state index in [4.69, 9.17) is 0 Å². The minimum absolute atomic E-state index is 1.15. The van der Waals surface area contributed by atoms with Crippen molar-refractivity contribution in [3.05, 3.63) is 35.9 Å². The molecule has 0 aliphatic carbocycles. The molecule has 0 radical (unpaired) electrons. The van der Waals surface area contributed by atoms with Crippen molar-refractivity contribution in [3.63, 3.8) is 0 Å². The Morgan fingerprint density at radius 1 is 1.22 bits per heavy atom. The average molecular weight is 309 g/mol. The van der Waals surface area contributed by atoms with Gasteiger partial charge in [-0.1, -0.05) is 0 Å². The third-order valence-corrected chi connectivity index (χ3v) is 2.68. The predicted octanol–water partition coefficient (Wildman–Crippen LogP) is 2.38. The van der Waals surface area contributed by atoms with Crippen LogP contribution in [0.5, 0.6) is 0 Å². The Labute approximate surface area is 69.2 Å². The third-order valence-electron chi connectivity index (χ3n) is 1.06. The summed E-state index contributed by atoms with van der Waals surface area (Å²) in [4.78, 5) is 0. The fraction of sp³-hybridized carbons (Fsp3) is 0.143. The molecule has 0 saturated carbocycles. The van der Waals surface area contributed by atoms with Crippen LogP contribution in [0, 0.1) is 0 Å². The van der Waals surface area contributed by atoms with Gasteiger partial charge in [0.25, 0.3) is 0 Å². The standard InChI is InChI=1S/C7H8S.Re/c8-6-7-4-2-1-3-5-7;/h1-5,8H,6H2;/q;+1/p-1. The molecule has 0 unspecified atom stereocenters. The Morgan fingerprint density at radius 2 is 1.89 bits per heavy atom. The summed E-state index contributed by atoms with van der Waals surface area (Å²) in [5.74, 6) is 1.15. The van der Waals surface area contributed by atoms with Crippen LogP contribution in [0.1, 0.15) is 5.56 Å². The number of hydrogen-bond acceptors (Lipinski definition) is 1. The molecular weight excluding hydrogens is 302 g/mol. The van der Waals surface area contributed by atoms with Crippen molar-refractivity contribution in [2.45, 2.75) is 5.75 Å². The summed E-state index contributed by atoms with van der Waals surface area (Å²) in [5.41, 5.74) is 1.42. The van der Waals surface area contributed by atoms with E-state index in [2.05, 4.69) is 24.3 Å². The van der Waals surface area contributed by atoms with E-state index < -0.39 is 0 Å². The van der Waals surface area contributed by atoms with E-state index in [1.807, 2.05) is 15.6 Å². The molecule has 2 heteroatoms. The van der Waals surface area contributed by atoms with Gasteiger partial charge in [-0.3, -0.25) is 0 Å². The van der Waals surface area contributed by atoms with Crippen LogP contribution in [0.4, 0.5) is 0 Å². The van der Waals surface area contributed by atoms with Gasteiger partial charge >= 0.3 is 69.2 Å². The number of rotatable bonds is 2. The molecule has 0 N–H and O–H groups in total. The molecule has 1 aromatic rings. The van der Waals surface area contributed by atoms with E-state index in [-0.39, 0.29) is 0 Å². The summed E-state index contributed by atoms with van der Waals surface area (Å²) in [7, 11) is 1.91. The van der Waals surface area contributed by atoms with Gasteiger partial charge in [0.15, 0.2) is 0 Å². The second kappa shape index (κ2) is 4.11. The summed E-state index contributed by atoms with van der Waals surface area (Å²) in [6.07, 6.45) is 0. The summed E-state index contributed by atoms with van der Waals surface area (Å²) in [5, 5.41) is 0. The first-order valence-electron chi connectivity index (χ1n) is 2.71. The van der Waals surface area contributed by atoms with Crippen molar-refractivity contribution in [1.29, 1.82) is 0 Å². The molecule has 0 nitrogen and oxygen atoms in total. The van der Waals surface area contributed by atoms with Crippen LogP contribution in [0.3, 0.4) is 0 Å². The summed E-state index contributed by atoms with van der Waals surface area (Å²) in [6, 6.07) is 10.5. The van der Waals surface area contributed by atoms with Crippen molar-refractivity contribution in [1.82, 2.24) is 0 Å². The van der Waals surface area contributed by atoms with Crippen LogP contribution >= 0.6 is 9.58 Å². The first-order valence-corrected chi connectivity index (χ1v) is 6.92. The Hall–Kier alpha value is 0.232. The van der Waals surface area contributed by atoms with E-state index in [0.717, 1.165) is 5.75 Å². The second-order valence-corrected chi connectivity index (χ2v) is 4.60. The molecular formula is C7H7ReS. The van der Waals surface area contributed by atoms with Gasteiger partial charge < -0.3 is 0 Å². The first kappa shape index (κ1) is 7.34. The van der Waals surface area contributed by atoms with E-state index in [1.165, 1.54) is 5.56 Å². The Balaban J connectivity index is 2.61. The monoisotopic (exact) mass is 310 g/mol. The zero-order valence-electron chi connectivity index (χ0n) is 4.88. The Morgan fingerprint density at radius 3 is 2.44 bits per heavy atom. The van der Waals surface area contributed by atoms with Crippen molar-refractivity contribution in [2.75, 3.05) is 0 Å². The fourth-order valence-electron chi connectivity index (χ4n) is 0.637. The van der Waals surface area contributed by atoms with Crippen LogP contribution in [0.2, 0.25) is 0 Å². The van der Waals surface area contributed by atoms with Gasteiger partial charge in [-0.05, 0) is 0 Å². The van der Waals surface area contributed by atoms with Gasteiger partial charge in [-0.2, -0.15) is 0 Å². The maximum absolute atomic E-state index is 2.16. The van der Waals surface area contributed by atoms with E-state index in [1.54, 1.807) is 17.9 Å². The molecule has 0 bridgehead atoms. The molecule has 0 aliphatic rings. The van der Waals surface area contributed by atoms with Crippen molar-refractivity contribution in [3.8, 4) is 0 Å². The van der Waals surface area contributed by atoms with Gasteiger partial charge in [0.05, 0.1) is 0 Å². The quantitative estimate of drug-likeness (QED) is 0.808. The SMILES string of the molecule is [Re][S]Cc1ccccc1. The Kier molecular flexibility index (Phi) is 3.35. The summed E-state index contributed by atoms with van der Waals surface area (Å²) in [6.45, 7) is 0. The van der Waals surface area contributed by atoms with Crippen LogP contribution in [-0.4, -0.2) is 0 Å². The van der Waals surface area contributed by atoms with Gasteiger partial charge in [-0.15, -0.1) is 0 Å². The van der Waals surface area contributed by atoms with Crippen LogP contribution in [0.25, 0.3) is 0 Å². The van der Waals surface area contributed by atoms with E-state index >= 15 is 0 Å². The molecule has 1 aromatic carbocycles. The van der Waals surface area contributed by atoms with Crippen molar-refractivity contribution >= 4 is 9.58 Å². The summed E-state index contributed by atoms with van der Waals surface area (Å²) >= 11 is 1.77. The van der Waals surface area contributed by atoms with Crippen molar-refractivity contribution in [2.24, 2.45) is 0 Å². The third kappa shape index (κ3) is 2.53. The molecule has 48 valence electrons. The molecule has 0 spiro atoms. The molecule has 0 atom stereocenters. The average Bonchev–Trinajstić information content (AvgIpc) is 1.91. The van der Waals surface area contributed by atoms with E-state index in [9.17, 15) is 0 Å². The fourth-order valence-corrected chi connectivity index (χ4v) is 2.31. The Bertz CT molecular complexity index is 162. The predicted molar refractivity (Wildman–Crippen MR) is 37.7 cm³/mol. The van der Waals surface area contributed by atoms with Gasteiger partial charge in [0.2, 0.25) is 0 Å². The molecule has 0 saturated heterocycles. The zero-order chi connectivity index (χ0) is 6.53. The topological polar surface area (TPSA) is 0 Å². The number of hydrogen-bond donors (Lipinski definition) is 0. The van der Waals surface area contributed by atoms with Crippen molar-refractivity contribution < 1.29 is 17.9 Å². The molecule has 0 amide bonds. The maximum atomic E-state index is 2.16. The van der Waals surface area contributed by atoms with Gasteiger partial charge in [0.1, 0.15) is 0 Å². The zero-order valence-corrected chi connectivity index (χ0v) is 8.41. The van der Waals surface area contributed by atoms with Gasteiger partial charge in [0, 0.05) is 0 Å².